The van der Waals surface area contributed by atoms with Crippen LogP contribution in [-0.4, -0.2) is 66.1 Å². The first kappa shape index (κ1) is 31.2. The van der Waals surface area contributed by atoms with E-state index in [0.29, 0.717) is 0 Å². The van der Waals surface area contributed by atoms with Gasteiger partial charge in [-0.2, -0.15) is 0 Å². The first-order valence-corrected chi connectivity index (χ1v) is 0. The van der Waals surface area contributed by atoms with E-state index in [0.717, 1.165) is 0 Å². The molecule has 4 heteroatoms. The van der Waals surface area contributed by atoms with E-state index < -0.39 is 0 Å². The molecule has 0 unspecified atom stereocenters. The standard InChI is InChI=1S/Al.Ca.Fe.H3Si.4H/h;;;1H3;;;;/q;+2;;;;;2*-1. The molecule has 0 heterocycles. The van der Waals surface area contributed by atoms with Gasteiger partial charge >= 0.3 is 37.7 Å². The molecule has 0 aromatic carbocycles. The molecule has 0 bridgehead atoms. The molecule has 0 fully saturated rings. The van der Waals surface area contributed by atoms with Gasteiger partial charge in [0.05, 0.1) is 0 Å². The van der Waals surface area contributed by atoms with Gasteiger partial charge in [0.15, 0.2) is 0 Å². The molecular formula is H7AlCaFeSi. The first-order chi connectivity index (χ1) is 0. The van der Waals surface area contributed by atoms with Crippen molar-refractivity contribution in [3.05, 3.63) is 0 Å². The summed E-state index contributed by atoms with van der Waals surface area (Å²) in [6.07, 6.45) is 0. The Bertz CT molecular complexity index is 13.5. The van der Waals surface area contributed by atoms with Gasteiger partial charge in [0, 0.05) is 17.1 Å². The van der Waals surface area contributed by atoms with Crippen molar-refractivity contribution >= 4 is 66.1 Å². The van der Waals surface area contributed by atoms with E-state index in [9.17, 15) is 0 Å². The zero-order valence-electron chi connectivity index (χ0n) is 5.06. The summed E-state index contributed by atoms with van der Waals surface area (Å²) in [4.78, 5) is 0. The van der Waals surface area contributed by atoms with Crippen LogP contribution in [0, 0.1) is 0 Å². The molecule has 4 heavy (non-hydrogen) atoms. The Morgan fingerprint density at radius 1 is 1.25 bits per heavy atom. The minimum atomic E-state index is 0. The van der Waals surface area contributed by atoms with Crippen LogP contribution in [0.5, 0.6) is 0 Å². The van der Waals surface area contributed by atoms with Crippen LogP contribution in [0.25, 0.3) is 0 Å². The van der Waals surface area contributed by atoms with E-state index in [1.165, 1.54) is 0 Å². The number of rotatable bonds is 0. The molecule has 0 aromatic heterocycles. The summed E-state index contributed by atoms with van der Waals surface area (Å²) >= 11 is 0. The van der Waals surface area contributed by atoms with Gasteiger partial charge in [-0.1, -0.05) is 0 Å². The van der Waals surface area contributed by atoms with Gasteiger partial charge in [0.1, 0.15) is 17.4 Å². The minimum Gasteiger partial charge on any atom is -1.00 e. The predicted molar refractivity (Wildman–Crippen MR) is 26.5 cm³/mol. The van der Waals surface area contributed by atoms with Gasteiger partial charge in [0.25, 0.3) is 0 Å². The summed E-state index contributed by atoms with van der Waals surface area (Å²) in [5, 5.41) is 0. The van der Waals surface area contributed by atoms with E-state index >= 15 is 0 Å². The van der Waals surface area contributed by atoms with Gasteiger partial charge in [-0.15, -0.1) is 0 Å². The smallest absolute Gasteiger partial charge is 1.00 e. The number of hydrogen-bond donors (Lipinski definition) is 0. The van der Waals surface area contributed by atoms with E-state index in [1.54, 1.807) is 0 Å². The Balaban J connectivity index is 0. The van der Waals surface area contributed by atoms with Crippen LogP contribution in [-0.2, 0) is 17.1 Å². The van der Waals surface area contributed by atoms with E-state index in [4.69, 9.17) is 0 Å². The molecule has 0 aliphatic heterocycles. The molecule has 0 aliphatic carbocycles. The molecule has 24 valence electrons. The van der Waals surface area contributed by atoms with Crippen LogP contribution in [0.2, 0.25) is 0 Å². The van der Waals surface area contributed by atoms with Crippen LogP contribution in [0.4, 0.5) is 0 Å². The Labute approximate surface area is 84.7 Å². The maximum atomic E-state index is 0. The largest absolute Gasteiger partial charge is 2.00 e. The fraction of sp³-hybridized carbons (Fsp3) is 0. The molecule has 2 radical (unpaired) electrons. The van der Waals surface area contributed by atoms with Crippen LogP contribution in [0.1, 0.15) is 2.85 Å². The maximum Gasteiger partial charge on any atom is 2.00 e. The predicted octanol–water partition coefficient (Wildman–Crippen LogP) is -2.26. The van der Waals surface area contributed by atoms with Crippen molar-refractivity contribution in [2.45, 2.75) is 0 Å². The quantitative estimate of drug-likeness (QED) is 0.349. The van der Waals surface area contributed by atoms with Crippen molar-refractivity contribution in [1.82, 2.24) is 0 Å². The molecule has 0 atom stereocenters. The topological polar surface area (TPSA) is 0 Å². The Kier molecular flexibility index (Phi) is 138. The SMILES string of the molecule is [AlH2].[Ca+2].[Fe].[H-].[H-].[SiH3]. The van der Waals surface area contributed by atoms with Crippen molar-refractivity contribution in [3.8, 4) is 0 Å². The molecule has 0 saturated carbocycles. The fourth-order valence-corrected chi connectivity index (χ4v) is 0. The molecule has 0 amide bonds. The van der Waals surface area contributed by atoms with Crippen molar-refractivity contribution < 1.29 is 19.9 Å². The third-order valence-corrected chi connectivity index (χ3v) is 0. The van der Waals surface area contributed by atoms with Gasteiger partial charge in [0.2, 0.25) is 0 Å². The molecule has 0 spiro atoms. The van der Waals surface area contributed by atoms with Gasteiger partial charge in [-0.05, 0) is 11.0 Å². The molecule has 0 N–H and O–H groups in total. The van der Waals surface area contributed by atoms with Crippen molar-refractivity contribution in [1.29, 1.82) is 0 Å². The van der Waals surface area contributed by atoms with Gasteiger partial charge in [-0.25, -0.2) is 0 Å². The first-order valence-electron chi connectivity index (χ1n) is 0. The molecule has 0 rings (SSSR count). The average Bonchev–Trinajstić information content (AvgIpc) is 0. The van der Waals surface area contributed by atoms with E-state index in [1.807, 2.05) is 0 Å². The number of hydrogen-bond acceptors (Lipinski definition) is 0. The summed E-state index contributed by atoms with van der Waals surface area (Å²) in [6.45, 7) is 0. The fourth-order valence-electron chi connectivity index (χ4n) is 0. The van der Waals surface area contributed by atoms with Crippen molar-refractivity contribution in [3.63, 3.8) is 0 Å². The van der Waals surface area contributed by atoms with Crippen LogP contribution in [0.3, 0.4) is 0 Å². The van der Waals surface area contributed by atoms with Crippen molar-refractivity contribution in [2.24, 2.45) is 0 Å². The second-order valence-electron chi connectivity index (χ2n) is 0. The Morgan fingerprint density at radius 2 is 1.25 bits per heavy atom. The maximum absolute atomic E-state index is 0. The van der Waals surface area contributed by atoms with Gasteiger partial charge in [-0.3, -0.25) is 0 Å². The second kappa shape index (κ2) is 17.7. The second-order valence-corrected chi connectivity index (χ2v) is 0. The van der Waals surface area contributed by atoms with Crippen LogP contribution >= 0.6 is 0 Å². The molecule has 0 aliphatic rings. The minimum absolute atomic E-state index is 0. The molecule has 0 saturated heterocycles. The third kappa shape index (κ3) is 8.82. The molecular weight excluding hydrogens is 151 g/mol. The normalized spacial score (nSPS) is 0. The van der Waals surface area contributed by atoms with E-state index in [2.05, 4.69) is 0 Å². The summed E-state index contributed by atoms with van der Waals surface area (Å²) in [6, 6.07) is 0. The summed E-state index contributed by atoms with van der Waals surface area (Å²) in [5.41, 5.74) is 0. The van der Waals surface area contributed by atoms with E-state index in [-0.39, 0.29) is 86.0 Å². The van der Waals surface area contributed by atoms with Crippen LogP contribution in [0.15, 0.2) is 0 Å². The average molecular weight is 158 g/mol. The summed E-state index contributed by atoms with van der Waals surface area (Å²) < 4.78 is 0. The summed E-state index contributed by atoms with van der Waals surface area (Å²) in [7, 11) is 0. The summed E-state index contributed by atoms with van der Waals surface area (Å²) in [5.74, 6) is 0. The zero-order valence-corrected chi connectivity index (χ0v) is 10.4. The zero-order chi connectivity index (χ0) is 0. The van der Waals surface area contributed by atoms with Gasteiger partial charge < -0.3 is 2.85 Å². The monoisotopic (exact) mass is 158 g/mol. The molecule has 0 aromatic rings. The molecule has 0 nitrogen and oxygen atoms in total. The van der Waals surface area contributed by atoms with Crippen molar-refractivity contribution in [2.75, 3.05) is 0 Å². The Morgan fingerprint density at radius 3 is 1.25 bits per heavy atom. The third-order valence-electron chi connectivity index (χ3n) is 0. The Hall–Kier alpha value is 2.53. The van der Waals surface area contributed by atoms with Crippen LogP contribution < -0.4 is 0 Å².